The highest BCUT2D eigenvalue weighted by molar-refractivity contribution is 6.00. The molecule has 0 unspecified atom stereocenters. The number of carbonyl (C=O) groups excluding carboxylic acids is 1. The summed E-state index contributed by atoms with van der Waals surface area (Å²) in [5.41, 5.74) is 1.05. The summed E-state index contributed by atoms with van der Waals surface area (Å²) in [4.78, 5) is 17.7. The second kappa shape index (κ2) is 9.65. The molecule has 0 spiro atoms. The summed E-state index contributed by atoms with van der Waals surface area (Å²) < 4.78 is 5.44. The maximum absolute atomic E-state index is 12.6. The normalized spacial score (nSPS) is 22.8. The Hall–Kier alpha value is -2.76. The van der Waals surface area contributed by atoms with Gasteiger partial charge in [0.25, 0.3) is 0 Å². The van der Waals surface area contributed by atoms with Crippen LogP contribution in [0.1, 0.15) is 49.0 Å². The third-order valence-corrected chi connectivity index (χ3v) is 3.82. The molecule has 1 aromatic carbocycles. The molecule has 0 aliphatic carbocycles. The van der Waals surface area contributed by atoms with E-state index in [9.17, 15) is 15.0 Å². The standard InChI is InChI=1S/C20H25NO5/c1-3-25-21-16-10-8-6-4-5-7-9-14(2)26-20(24)19-15(11-16)12-17(22)13-18(19)23/h5,7-8,10,12-14,22-23H,3-4,6,9,11H2,1-2H3/b7-5+,10-8+,21-16+/t14-/m1/s1. The molecule has 26 heavy (non-hydrogen) atoms. The SMILES string of the molecule is CCO/N=C1\C=C\CC/C=C/C[C@@H](C)OC(=O)c2c(O)cc(O)cc2C1. The molecule has 2 rings (SSSR count). The molecule has 0 fully saturated rings. The van der Waals surface area contributed by atoms with Gasteiger partial charge in [-0.1, -0.05) is 23.4 Å². The molecule has 6 heteroatoms. The third kappa shape index (κ3) is 5.65. The van der Waals surface area contributed by atoms with Gasteiger partial charge in [-0.15, -0.1) is 0 Å². The monoisotopic (exact) mass is 359 g/mol. The van der Waals surface area contributed by atoms with Crippen molar-refractivity contribution in [3.05, 3.63) is 47.6 Å². The van der Waals surface area contributed by atoms with Gasteiger partial charge in [0.2, 0.25) is 0 Å². The van der Waals surface area contributed by atoms with Crippen LogP contribution in [0.25, 0.3) is 0 Å². The quantitative estimate of drug-likeness (QED) is 0.475. The van der Waals surface area contributed by atoms with Crippen LogP contribution in [0.15, 0.2) is 41.6 Å². The van der Waals surface area contributed by atoms with Crippen LogP contribution in [0.4, 0.5) is 0 Å². The predicted octanol–water partition coefficient (Wildman–Crippen LogP) is 3.87. The summed E-state index contributed by atoms with van der Waals surface area (Å²) in [7, 11) is 0. The van der Waals surface area contributed by atoms with Crippen LogP contribution in [0.3, 0.4) is 0 Å². The summed E-state index contributed by atoms with van der Waals surface area (Å²) in [6.45, 7) is 4.04. The van der Waals surface area contributed by atoms with Crippen LogP contribution in [0, 0.1) is 0 Å². The zero-order chi connectivity index (χ0) is 18.9. The first-order valence-corrected chi connectivity index (χ1v) is 8.77. The van der Waals surface area contributed by atoms with Crippen molar-refractivity contribution in [3.63, 3.8) is 0 Å². The van der Waals surface area contributed by atoms with Crippen molar-refractivity contribution < 1.29 is 24.6 Å². The average Bonchev–Trinajstić information content (AvgIpc) is 2.57. The van der Waals surface area contributed by atoms with Crippen molar-refractivity contribution in [1.29, 1.82) is 0 Å². The Kier molecular flexibility index (Phi) is 7.26. The van der Waals surface area contributed by atoms with Crippen molar-refractivity contribution in [1.82, 2.24) is 0 Å². The molecule has 0 radical (unpaired) electrons. The molecule has 1 aliphatic heterocycles. The van der Waals surface area contributed by atoms with Gasteiger partial charge in [0.15, 0.2) is 0 Å². The number of hydrogen-bond donors (Lipinski definition) is 2. The largest absolute Gasteiger partial charge is 0.508 e. The second-order valence-corrected chi connectivity index (χ2v) is 6.08. The van der Waals surface area contributed by atoms with Gasteiger partial charge >= 0.3 is 5.97 Å². The van der Waals surface area contributed by atoms with Gasteiger partial charge in [-0.3, -0.25) is 0 Å². The molecular weight excluding hydrogens is 334 g/mol. The van der Waals surface area contributed by atoms with Crippen LogP contribution in [-0.2, 0) is 16.0 Å². The summed E-state index contributed by atoms with van der Waals surface area (Å²) in [5, 5.41) is 24.1. The number of phenols is 2. The fraction of sp³-hybridized carbons (Fsp3) is 0.400. The maximum Gasteiger partial charge on any atom is 0.342 e. The molecule has 0 saturated carbocycles. The first kappa shape index (κ1) is 19.6. The number of fused-ring (bicyclic) bond motifs is 1. The van der Waals surface area contributed by atoms with E-state index in [2.05, 4.69) is 5.16 Å². The van der Waals surface area contributed by atoms with Gasteiger partial charge in [0, 0.05) is 18.9 Å². The number of rotatable bonds is 2. The number of carbonyl (C=O) groups is 1. The van der Waals surface area contributed by atoms with Crippen molar-refractivity contribution >= 4 is 11.7 Å². The fourth-order valence-corrected chi connectivity index (χ4v) is 2.62. The van der Waals surface area contributed by atoms with Gasteiger partial charge < -0.3 is 19.8 Å². The van der Waals surface area contributed by atoms with E-state index in [0.717, 1.165) is 18.9 Å². The molecule has 1 aliphatic rings. The first-order valence-electron chi connectivity index (χ1n) is 8.77. The van der Waals surface area contributed by atoms with E-state index in [1.54, 1.807) is 6.92 Å². The fourth-order valence-electron chi connectivity index (χ4n) is 2.62. The summed E-state index contributed by atoms with van der Waals surface area (Å²) in [6, 6.07) is 2.56. The topological polar surface area (TPSA) is 88.4 Å². The first-order chi connectivity index (χ1) is 12.5. The highest BCUT2D eigenvalue weighted by atomic mass is 16.6. The lowest BCUT2D eigenvalue weighted by Crippen LogP contribution is -2.17. The number of aromatic hydroxyl groups is 2. The Bertz CT molecular complexity index is 721. The van der Waals surface area contributed by atoms with Crippen molar-refractivity contribution in [2.75, 3.05) is 6.61 Å². The summed E-state index contributed by atoms with van der Waals surface area (Å²) in [5.74, 6) is -1.08. The number of ether oxygens (including phenoxy) is 1. The molecular formula is C20H25NO5. The smallest absolute Gasteiger partial charge is 0.342 e. The van der Waals surface area contributed by atoms with Gasteiger partial charge in [0.05, 0.1) is 5.71 Å². The second-order valence-electron chi connectivity index (χ2n) is 6.08. The highest BCUT2D eigenvalue weighted by Gasteiger charge is 2.22. The lowest BCUT2D eigenvalue weighted by Gasteiger charge is -2.15. The molecule has 1 heterocycles. The van der Waals surface area contributed by atoms with E-state index in [-0.39, 0.29) is 29.6 Å². The number of hydrogen-bond acceptors (Lipinski definition) is 6. The van der Waals surface area contributed by atoms with Gasteiger partial charge in [-0.05, 0) is 44.4 Å². The van der Waals surface area contributed by atoms with Crippen molar-refractivity contribution in [2.45, 2.75) is 45.6 Å². The summed E-state index contributed by atoms with van der Waals surface area (Å²) in [6.07, 6.45) is 10.0. The van der Waals surface area contributed by atoms with E-state index < -0.39 is 5.97 Å². The minimum Gasteiger partial charge on any atom is -0.508 e. The lowest BCUT2D eigenvalue weighted by molar-refractivity contribution is 0.0343. The number of oxime groups is 1. The van der Waals surface area contributed by atoms with Crippen LogP contribution >= 0.6 is 0 Å². The zero-order valence-electron chi connectivity index (χ0n) is 15.1. The highest BCUT2D eigenvalue weighted by Crippen LogP contribution is 2.29. The van der Waals surface area contributed by atoms with Crippen LogP contribution in [-0.4, -0.2) is 34.6 Å². The van der Waals surface area contributed by atoms with Gasteiger partial charge in [0.1, 0.15) is 29.8 Å². The number of allylic oxidation sites excluding steroid dienone is 3. The minimum atomic E-state index is -0.629. The Labute approximate surface area is 153 Å². The maximum atomic E-state index is 12.6. The molecule has 0 saturated heterocycles. The van der Waals surface area contributed by atoms with E-state index in [4.69, 9.17) is 9.57 Å². The third-order valence-electron chi connectivity index (χ3n) is 3.82. The average molecular weight is 359 g/mol. The Morgan fingerprint density at radius 1 is 1.23 bits per heavy atom. The van der Waals surface area contributed by atoms with E-state index in [1.807, 2.05) is 31.2 Å². The molecule has 0 amide bonds. The number of phenolic OH excluding ortho intramolecular Hbond substituents is 2. The number of esters is 1. The van der Waals surface area contributed by atoms with Crippen LogP contribution < -0.4 is 0 Å². The van der Waals surface area contributed by atoms with Gasteiger partial charge in [-0.2, -0.15) is 0 Å². The van der Waals surface area contributed by atoms with E-state index in [1.165, 1.54) is 6.07 Å². The molecule has 1 aromatic rings. The molecule has 2 N–H and O–H groups in total. The Morgan fingerprint density at radius 2 is 2.00 bits per heavy atom. The number of cyclic esters (lactones) is 1. The molecule has 0 aromatic heterocycles. The molecule has 0 bridgehead atoms. The molecule has 6 nitrogen and oxygen atoms in total. The summed E-state index contributed by atoms with van der Waals surface area (Å²) >= 11 is 0. The van der Waals surface area contributed by atoms with Crippen molar-refractivity contribution in [3.8, 4) is 11.5 Å². The van der Waals surface area contributed by atoms with Crippen LogP contribution in [0.2, 0.25) is 0 Å². The Morgan fingerprint density at radius 3 is 2.77 bits per heavy atom. The molecule has 140 valence electrons. The van der Waals surface area contributed by atoms with Crippen LogP contribution in [0.5, 0.6) is 11.5 Å². The number of nitrogens with zero attached hydrogens (tertiary/aromatic N) is 1. The predicted molar refractivity (Wildman–Crippen MR) is 99.5 cm³/mol. The van der Waals surface area contributed by atoms with E-state index in [0.29, 0.717) is 24.3 Å². The van der Waals surface area contributed by atoms with Gasteiger partial charge in [-0.25, -0.2) is 4.79 Å². The zero-order valence-corrected chi connectivity index (χ0v) is 15.1. The molecule has 1 atom stereocenters. The van der Waals surface area contributed by atoms with E-state index >= 15 is 0 Å². The lowest BCUT2D eigenvalue weighted by atomic mass is 9.99. The van der Waals surface area contributed by atoms with Crippen molar-refractivity contribution in [2.24, 2.45) is 5.16 Å². The minimum absolute atomic E-state index is 0.0355. The number of benzene rings is 1. The Balaban J connectivity index is 2.45.